The van der Waals surface area contributed by atoms with Gasteiger partial charge in [0, 0.05) is 26.7 Å². The Morgan fingerprint density at radius 1 is 1.43 bits per heavy atom. The monoisotopic (exact) mass is 312 g/mol. The van der Waals surface area contributed by atoms with Gasteiger partial charge in [-0.05, 0) is 30.5 Å². The number of oxazole rings is 1. The molecule has 0 spiro atoms. The summed E-state index contributed by atoms with van der Waals surface area (Å²) in [6.45, 7) is 0.707. The Balaban J connectivity index is 2.03. The number of hydrogen-bond acceptors (Lipinski definition) is 5. The summed E-state index contributed by atoms with van der Waals surface area (Å²) in [6.07, 6.45) is 0.655. The number of aryl methyl sites for hydroxylation is 1. The predicted molar refractivity (Wildman–Crippen MR) is 75.4 cm³/mol. The largest absolute Gasteiger partial charge is 0.419 e. The third-order valence-corrected chi connectivity index (χ3v) is 5.77. The van der Waals surface area contributed by atoms with E-state index in [2.05, 4.69) is 0 Å². The van der Waals surface area contributed by atoms with Crippen molar-refractivity contribution in [2.75, 3.05) is 19.7 Å². The smallest absolute Gasteiger partial charge is 0.408 e. The molecule has 1 aromatic carbocycles. The van der Waals surface area contributed by atoms with Crippen LogP contribution in [0.1, 0.15) is 6.42 Å². The molecule has 1 aliphatic heterocycles. The molecule has 0 bridgehead atoms. The highest BCUT2D eigenvalue weighted by atomic mass is 32.2. The first kappa shape index (κ1) is 14.3. The predicted octanol–water partition coefficient (Wildman–Crippen LogP) is 0.134. The van der Waals surface area contributed by atoms with Crippen LogP contribution in [0.15, 0.2) is 32.3 Å². The van der Waals surface area contributed by atoms with Gasteiger partial charge >= 0.3 is 5.76 Å². The number of aliphatic hydroxyl groups is 1. The molecule has 1 N–H and O–H groups in total. The number of fused-ring (bicyclic) bond motifs is 1. The molecule has 21 heavy (non-hydrogen) atoms. The van der Waals surface area contributed by atoms with Crippen LogP contribution in [0.3, 0.4) is 0 Å². The summed E-state index contributed by atoms with van der Waals surface area (Å²) >= 11 is 0. The molecule has 1 fully saturated rings. The molecule has 0 saturated carbocycles. The lowest BCUT2D eigenvalue weighted by molar-refractivity contribution is 0.233. The Labute approximate surface area is 121 Å². The van der Waals surface area contributed by atoms with Gasteiger partial charge in [0.2, 0.25) is 10.0 Å². The second-order valence-electron chi connectivity index (χ2n) is 5.26. The third kappa shape index (κ3) is 2.29. The second-order valence-corrected chi connectivity index (χ2v) is 7.19. The highest BCUT2D eigenvalue weighted by Crippen LogP contribution is 2.26. The molecular weight excluding hydrogens is 296 g/mol. The lowest BCUT2D eigenvalue weighted by atomic mass is 10.1. The molecule has 0 radical (unpaired) electrons. The van der Waals surface area contributed by atoms with Crippen molar-refractivity contribution in [3.63, 3.8) is 0 Å². The van der Waals surface area contributed by atoms with E-state index < -0.39 is 15.8 Å². The van der Waals surface area contributed by atoms with Gasteiger partial charge in [-0.2, -0.15) is 4.31 Å². The zero-order chi connectivity index (χ0) is 15.2. The van der Waals surface area contributed by atoms with Gasteiger partial charge in [-0.1, -0.05) is 0 Å². The van der Waals surface area contributed by atoms with E-state index in [4.69, 9.17) is 9.52 Å². The Hall–Kier alpha value is -1.64. The van der Waals surface area contributed by atoms with Crippen molar-refractivity contribution in [2.24, 2.45) is 13.0 Å². The zero-order valence-electron chi connectivity index (χ0n) is 11.5. The summed E-state index contributed by atoms with van der Waals surface area (Å²) in [4.78, 5) is 11.6. The summed E-state index contributed by atoms with van der Waals surface area (Å²) in [5, 5.41) is 9.13. The quantitative estimate of drug-likeness (QED) is 0.870. The van der Waals surface area contributed by atoms with Crippen LogP contribution in [0.25, 0.3) is 11.1 Å². The van der Waals surface area contributed by atoms with Gasteiger partial charge in [0.1, 0.15) is 0 Å². The van der Waals surface area contributed by atoms with E-state index in [0.717, 1.165) is 0 Å². The van der Waals surface area contributed by atoms with Gasteiger partial charge in [0.05, 0.1) is 10.4 Å². The fraction of sp³-hybridized carbons (Fsp3) is 0.462. The molecule has 1 aromatic heterocycles. The number of nitrogens with zero attached hydrogens (tertiary/aromatic N) is 2. The Kier molecular flexibility index (Phi) is 3.39. The summed E-state index contributed by atoms with van der Waals surface area (Å²) in [7, 11) is -2.09. The number of benzene rings is 1. The van der Waals surface area contributed by atoms with Crippen LogP contribution in [-0.4, -0.2) is 42.1 Å². The molecule has 7 nitrogen and oxygen atoms in total. The van der Waals surface area contributed by atoms with Gasteiger partial charge in [-0.3, -0.25) is 4.57 Å². The first-order chi connectivity index (χ1) is 9.93. The molecule has 114 valence electrons. The highest BCUT2D eigenvalue weighted by Gasteiger charge is 2.32. The minimum atomic E-state index is -3.62. The van der Waals surface area contributed by atoms with E-state index >= 15 is 0 Å². The van der Waals surface area contributed by atoms with E-state index in [1.54, 1.807) is 0 Å². The molecule has 1 saturated heterocycles. The summed E-state index contributed by atoms with van der Waals surface area (Å²) in [6, 6.07) is 4.37. The third-order valence-electron chi connectivity index (χ3n) is 3.91. The van der Waals surface area contributed by atoms with Crippen molar-refractivity contribution in [1.82, 2.24) is 8.87 Å². The number of hydrogen-bond donors (Lipinski definition) is 1. The van der Waals surface area contributed by atoms with Gasteiger partial charge in [-0.25, -0.2) is 13.2 Å². The lowest BCUT2D eigenvalue weighted by Crippen LogP contribution is -2.29. The molecule has 8 heteroatoms. The van der Waals surface area contributed by atoms with E-state index in [0.29, 0.717) is 30.6 Å². The Bertz CT molecular complexity index is 836. The van der Waals surface area contributed by atoms with Crippen LogP contribution in [0, 0.1) is 5.92 Å². The van der Waals surface area contributed by atoms with Gasteiger partial charge in [0.15, 0.2) is 5.58 Å². The normalized spacial score (nSPS) is 20.4. The number of sulfonamides is 1. The fourth-order valence-corrected chi connectivity index (χ4v) is 4.13. The van der Waals surface area contributed by atoms with Crippen LogP contribution in [0.5, 0.6) is 0 Å². The molecule has 3 rings (SSSR count). The average molecular weight is 312 g/mol. The summed E-state index contributed by atoms with van der Waals surface area (Å²) < 4.78 is 32.8. The maximum absolute atomic E-state index is 12.6. The molecule has 0 amide bonds. The van der Waals surface area contributed by atoms with E-state index in [1.807, 2.05) is 0 Å². The SMILES string of the molecule is Cn1c(=O)oc2ccc(S(=O)(=O)N3CCC(CO)C3)cc21. The van der Waals surface area contributed by atoms with Crippen molar-refractivity contribution in [2.45, 2.75) is 11.3 Å². The lowest BCUT2D eigenvalue weighted by Gasteiger charge is -2.16. The number of rotatable bonds is 3. The van der Waals surface area contributed by atoms with E-state index in [1.165, 1.54) is 34.1 Å². The van der Waals surface area contributed by atoms with Crippen LogP contribution in [-0.2, 0) is 17.1 Å². The molecule has 1 aliphatic rings. The molecule has 1 unspecified atom stereocenters. The molecule has 1 atom stereocenters. The Morgan fingerprint density at radius 3 is 2.86 bits per heavy atom. The van der Waals surface area contributed by atoms with E-state index in [-0.39, 0.29) is 17.4 Å². The number of aliphatic hydroxyl groups excluding tert-OH is 1. The standard InChI is InChI=1S/C13H16N2O5S/c1-14-11-6-10(2-3-12(11)20-13(14)17)21(18,19)15-5-4-9(7-15)8-16/h2-3,6,9,16H,4-5,7-8H2,1H3. The van der Waals surface area contributed by atoms with Gasteiger partial charge < -0.3 is 9.52 Å². The topological polar surface area (TPSA) is 92.8 Å². The second kappa shape index (κ2) is 4.97. The van der Waals surface area contributed by atoms with Crippen molar-refractivity contribution < 1.29 is 17.9 Å². The maximum Gasteiger partial charge on any atom is 0.419 e. The molecule has 0 aliphatic carbocycles. The first-order valence-electron chi connectivity index (χ1n) is 6.64. The minimum Gasteiger partial charge on any atom is -0.408 e. The molecular formula is C13H16N2O5S. The molecule has 2 aromatic rings. The maximum atomic E-state index is 12.6. The van der Waals surface area contributed by atoms with E-state index in [9.17, 15) is 13.2 Å². The van der Waals surface area contributed by atoms with Crippen LogP contribution >= 0.6 is 0 Å². The summed E-state index contributed by atoms with van der Waals surface area (Å²) in [5.74, 6) is -0.539. The average Bonchev–Trinajstić information content (AvgIpc) is 3.05. The molecule has 2 heterocycles. The number of aromatic nitrogens is 1. The minimum absolute atomic E-state index is 0.0122. The van der Waals surface area contributed by atoms with Crippen LogP contribution in [0.4, 0.5) is 0 Å². The zero-order valence-corrected chi connectivity index (χ0v) is 12.3. The van der Waals surface area contributed by atoms with Crippen LogP contribution in [0.2, 0.25) is 0 Å². The highest BCUT2D eigenvalue weighted by molar-refractivity contribution is 7.89. The van der Waals surface area contributed by atoms with Crippen molar-refractivity contribution in [1.29, 1.82) is 0 Å². The van der Waals surface area contributed by atoms with Gasteiger partial charge in [0.25, 0.3) is 0 Å². The first-order valence-corrected chi connectivity index (χ1v) is 8.08. The van der Waals surface area contributed by atoms with Crippen molar-refractivity contribution >= 4 is 21.1 Å². The van der Waals surface area contributed by atoms with Gasteiger partial charge in [-0.15, -0.1) is 0 Å². The Morgan fingerprint density at radius 2 is 2.19 bits per heavy atom. The van der Waals surface area contributed by atoms with Crippen molar-refractivity contribution in [3.8, 4) is 0 Å². The fourth-order valence-electron chi connectivity index (χ4n) is 2.58. The van der Waals surface area contributed by atoms with Crippen molar-refractivity contribution in [3.05, 3.63) is 28.7 Å². The summed E-state index contributed by atoms with van der Waals surface area (Å²) in [5.41, 5.74) is 0.801. The van der Waals surface area contributed by atoms with Crippen LogP contribution < -0.4 is 5.76 Å².